The highest BCUT2D eigenvalue weighted by Crippen LogP contribution is 2.24. The molecule has 0 N–H and O–H groups in total. The standard InChI is InChI=1S/C18H16F2N2O3/c1-3-8-21(11-13-6-4-5-7-15(13)19)18(23)14-9-16(20)12(2)17(10-14)22(24)25/h3-7,9-10H,1,8,11H2,2H3. The third-order valence-corrected chi connectivity index (χ3v) is 3.72. The number of nitro benzene ring substituents is 1. The van der Waals surface area contributed by atoms with Gasteiger partial charge >= 0.3 is 0 Å². The lowest BCUT2D eigenvalue weighted by atomic mass is 10.1. The highest BCUT2D eigenvalue weighted by molar-refractivity contribution is 5.95. The van der Waals surface area contributed by atoms with Crippen LogP contribution in [-0.2, 0) is 6.54 Å². The molecule has 0 saturated heterocycles. The zero-order chi connectivity index (χ0) is 18.6. The van der Waals surface area contributed by atoms with E-state index in [0.29, 0.717) is 0 Å². The number of nitrogens with zero attached hydrogens (tertiary/aromatic N) is 2. The Balaban J connectivity index is 2.39. The van der Waals surface area contributed by atoms with E-state index in [1.807, 2.05) is 0 Å². The Hall–Kier alpha value is -3.09. The number of halogens is 2. The summed E-state index contributed by atoms with van der Waals surface area (Å²) in [6.45, 7) is 4.83. The van der Waals surface area contributed by atoms with Crippen LogP contribution in [0.1, 0.15) is 21.5 Å². The summed E-state index contributed by atoms with van der Waals surface area (Å²) in [5, 5.41) is 11.0. The smallest absolute Gasteiger partial charge is 0.276 e. The van der Waals surface area contributed by atoms with Crippen LogP contribution in [0.4, 0.5) is 14.5 Å². The normalized spacial score (nSPS) is 10.4. The summed E-state index contributed by atoms with van der Waals surface area (Å²) in [7, 11) is 0. The Labute approximate surface area is 143 Å². The first-order valence-electron chi connectivity index (χ1n) is 7.43. The molecule has 7 heteroatoms. The Morgan fingerprint density at radius 2 is 1.96 bits per heavy atom. The lowest BCUT2D eigenvalue weighted by Crippen LogP contribution is -2.31. The average molecular weight is 346 g/mol. The topological polar surface area (TPSA) is 63.5 Å². The van der Waals surface area contributed by atoms with Gasteiger partial charge in [-0.2, -0.15) is 0 Å². The molecule has 0 radical (unpaired) electrons. The third kappa shape index (κ3) is 4.06. The first-order valence-corrected chi connectivity index (χ1v) is 7.43. The summed E-state index contributed by atoms with van der Waals surface area (Å²) in [5.74, 6) is -1.97. The molecule has 0 heterocycles. The first-order chi connectivity index (χ1) is 11.8. The van der Waals surface area contributed by atoms with E-state index in [4.69, 9.17) is 0 Å². The SMILES string of the molecule is C=CCN(Cc1ccccc1F)C(=O)c1cc(F)c(C)c([N+](=O)[O-])c1. The molecule has 130 valence electrons. The van der Waals surface area contributed by atoms with Gasteiger partial charge in [-0.05, 0) is 19.1 Å². The van der Waals surface area contributed by atoms with Crippen LogP contribution in [0.15, 0.2) is 49.1 Å². The van der Waals surface area contributed by atoms with Crippen LogP contribution in [0.5, 0.6) is 0 Å². The summed E-state index contributed by atoms with van der Waals surface area (Å²) in [6, 6.07) is 7.92. The van der Waals surface area contributed by atoms with E-state index in [9.17, 15) is 23.7 Å². The van der Waals surface area contributed by atoms with Gasteiger partial charge in [0.25, 0.3) is 11.6 Å². The molecule has 25 heavy (non-hydrogen) atoms. The number of carbonyl (C=O) groups excluding carboxylic acids is 1. The van der Waals surface area contributed by atoms with Gasteiger partial charge in [0.2, 0.25) is 0 Å². The lowest BCUT2D eigenvalue weighted by Gasteiger charge is -2.22. The molecule has 0 aliphatic rings. The average Bonchev–Trinajstić information content (AvgIpc) is 2.57. The fourth-order valence-electron chi connectivity index (χ4n) is 2.37. The van der Waals surface area contributed by atoms with Gasteiger partial charge in [0.1, 0.15) is 11.6 Å². The summed E-state index contributed by atoms with van der Waals surface area (Å²) in [6.07, 6.45) is 1.44. The van der Waals surface area contributed by atoms with Gasteiger partial charge < -0.3 is 4.90 Å². The van der Waals surface area contributed by atoms with Gasteiger partial charge in [0.05, 0.1) is 10.5 Å². The Bertz CT molecular complexity index is 837. The minimum absolute atomic E-state index is 0.0686. The largest absolute Gasteiger partial charge is 0.330 e. The molecule has 0 aromatic heterocycles. The van der Waals surface area contributed by atoms with Crippen molar-refractivity contribution in [3.05, 3.63) is 87.5 Å². The molecule has 0 atom stereocenters. The minimum Gasteiger partial charge on any atom is -0.330 e. The molecule has 0 fully saturated rings. The predicted octanol–water partition coefficient (Wildman–Crippen LogP) is 4.01. The first kappa shape index (κ1) is 18.3. The second-order valence-corrected chi connectivity index (χ2v) is 5.43. The van der Waals surface area contributed by atoms with Crippen molar-refractivity contribution < 1.29 is 18.5 Å². The summed E-state index contributed by atoms with van der Waals surface area (Å²) >= 11 is 0. The van der Waals surface area contributed by atoms with E-state index in [2.05, 4.69) is 6.58 Å². The summed E-state index contributed by atoms with van der Waals surface area (Å²) < 4.78 is 27.8. The van der Waals surface area contributed by atoms with Crippen molar-refractivity contribution in [3.8, 4) is 0 Å². The quantitative estimate of drug-likeness (QED) is 0.451. The number of hydrogen-bond donors (Lipinski definition) is 0. The van der Waals surface area contributed by atoms with Crippen molar-refractivity contribution in [1.82, 2.24) is 4.90 Å². The number of benzene rings is 2. The van der Waals surface area contributed by atoms with Crippen LogP contribution in [0.3, 0.4) is 0 Å². The minimum atomic E-state index is -0.845. The van der Waals surface area contributed by atoms with Crippen LogP contribution in [-0.4, -0.2) is 22.3 Å². The monoisotopic (exact) mass is 346 g/mol. The van der Waals surface area contributed by atoms with E-state index >= 15 is 0 Å². The summed E-state index contributed by atoms with van der Waals surface area (Å²) in [5.41, 5.74) is -0.522. The fourth-order valence-corrected chi connectivity index (χ4v) is 2.37. The van der Waals surface area contributed by atoms with Gasteiger partial charge in [-0.15, -0.1) is 6.58 Å². The van der Waals surface area contributed by atoms with Crippen molar-refractivity contribution >= 4 is 11.6 Å². The van der Waals surface area contributed by atoms with Gasteiger partial charge in [-0.3, -0.25) is 14.9 Å². The molecule has 0 aliphatic carbocycles. The van der Waals surface area contributed by atoms with Crippen LogP contribution in [0.2, 0.25) is 0 Å². The molecule has 0 saturated carbocycles. The maximum atomic E-state index is 13.9. The second kappa shape index (κ2) is 7.65. The van der Waals surface area contributed by atoms with Gasteiger partial charge in [-0.25, -0.2) is 8.78 Å². The number of amides is 1. The fraction of sp³-hybridized carbons (Fsp3) is 0.167. The van der Waals surface area contributed by atoms with E-state index < -0.39 is 28.2 Å². The van der Waals surface area contributed by atoms with E-state index in [-0.39, 0.29) is 29.8 Å². The molecule has 2 aromatic rings. The van der Waals surface area contributed by atoms with Crippen molar-refractivity contribution in [2.45, 2.75) is 13.5 Å². The van der Waals surface area contributed by atoms with Crippen molar-refractivity contribution in [3.63, 3.8) is 0 Å². The molecule has 5 nitrogen and oxygen atoms in total. The molecule has 0 spiro atoms. The molecule has 0 aliphatic heterocycles. The molecule has 0 unspecified atom stereocenters. The van der Waals surface area contributed by atoms with E-state index in [1.54, 1.807) is 6.07 Å². The van der Waals surface area contributed by atoms with E-state index in [1.165, 1.54) is 36.1 Å². The van der Waals surface area contributed by atoms with Crippen LogP contribution in [0.25, 0.3) is 0 Å². The van der Waals surface area contributed by atoms with Crippen molar-refractivity contribution in [1.29, 1.82) is 0 Å². The lowest BCUT2D eigenvalue weighted by molar-refractivity contribution is -0.385. The van der Waals surface area contributed by atoms with Crippen molar-refractivity contribution in [2.75, 3.05) is 6.54 Å². The zero-order valence-electron chi connectivity index (χ0n) is 13.5. The number of carbonyl (C=O) groups is 1. The Morgan fingerprint density at radius 1 is 1.28 bits per heavy atom. The molecule has 2 aromatic carbocycles. The summed E-state index contributed by atoms with van der Waals surface area (Å²) in [4.78, 5) is 24.2. The van der Waals surface area contributed by atoms with Crippen LogP contribution < -0.4 is 0 Å². The predicted molar refractivity (Wildman–Crippen MR) is 89.1 cm³/mol. The van der Waals surface area contributed by atoms with Crippen LogP contribution in [0, 0.1) is 28.7 Å². The molecule has 2 rings (SSSR count). The van der Waals surface area contributed by atoms with E-state index in [0.717, 1.165) is 12.1 Å². The van der Waals surface area contributed by atoms with Gasteiger partial charge in [0.15, 0.2) is 0 Å². The number of rotatable bonds is 6. The maximum Gasteiger partial charge on any atom is 0.276 e. The Morgan fingerprint density at radius 3 is 2.56 bits per heavy atom. The highest BCUT2D eigenvalue weighted by Gasteiger charge is 2.23. The zero-order valence-corrected chi connectivity index (χ0v) is 13.5. The Kier molecular flexibility index (Phi) is 5.59. The second-order valence-electron chi connectivity index (χ2n) is 5.43. The number of hydrogen-bond acceptors (Lipinski definition) is 3. The van der Waals surface area contributed by atoms with Crippen molar-refractivity contribution in [2.24, 2.45) is 0 Å². The van der Waals surface area contributed by atoms with Gasteiger partial charge in [0, 0.05) is 30.3 Å². The molecular weight excluding hydrogens is 330 g/mol. The van der Waals surface area contributed by atoms with Crippen LogP contribution >= 0.6 is 0 Å². The van der Waals surface area contributed by atoms with Gasteiger partial charge in [-0.1, -0.05) is 24.3 Å². The number of nitro groups is 1. The molecule has 0 bridgehead atoms. The maximum absolute atomic E-state index is 13.9. The highest BCUT2D eigenvalue weighted by atomic mass is 19.1. The molecular formula is C18H16F2N2O3. The third-order valence-electron chi connectivity index (χ3n) is 3.72. The molecule has 1 amide bonds.